The molecule has 80 valence electrons. The van der Waals surface area contributed by atoms with Crippen LogP contribution in [0.3, 0.4) is 0 Å². The third kappa shape index (κ3) is 1.90. The number of hydrogen-bond acceptors (Lipinski definition) is 1. The lowest BCUT2D eigenvalue weighted by Gasteiger charge is -2.07. The lowest BCUT2D eigenvalue weighted by Crippen LogP contribution is -2.21. The first-order chi connectivity index (χ1) is 7.22. The normalized spacial score (nSPS) is 13.3. The number of para-hydroxylation sites is 1. The van der Waals surface area contributed by atoms with Gasteiger partial charge in [-0.25, -0.2) is 0 Å². The lowest BCUT2D eigenvalue weighted by molar-refractivity contribution is 0.648. The smallest absolute Gasteiger partial charge is 0.0486 e. The predicted molar refractivity (Wildman–Crippen MR) is 65.0 cm³/mol. The Morgan fingerprint density at radius 3 is 2.93 bits per heavy atom. The molecule has 0 saturated heterocycles. The van der Waals surface area contributed by atoms with E-state index in [4.69, 9.17) is 5.73 Å². The number of aromatic amines is 1. The van der Waals surface area contributed by atoms with Crippen LogP contribution in [0.4, 0.5) is 0 Å². The molecule has 0 aliphatic heterocycles. The van der Waals surface area contributed by atoms with Crippen molar-refractivity contribution in [2.45, 2.75) is 32.7 Å². The van der Waals surface area contributed by atoms with Gasteiger partial charge in [0, 0.05) is 23.1 Å². The average molecular weight is 202 g/mol. The number of H-pyrrole nitrogens is 1. The Labute approximate surface area is 90.5 Å². The van der Waals surface area contributed by atoms with E-state index in [0.717, 1.165) is 12.8 Å². The molecule has 0 fully saturated rings. The predicted octanol–water partition coefficient (Wildman–Crippen LogP) is 2.76. The molecule has 0 aliphatic carbocycles. The Morgan fingerprint density at radius 2 is 2.20 bits per heavy atom. The van der Waals surface area contributed by atoms with Crippen molar-refractivity contribution in [2.24, 2.45) is 5.73 Å². The van der Waals surface area contributed by atoms with Crippen LogP contribution in [0, 0.1) is 6.92 Å². The quantitative estimate of drug-likeness (QED) is 0.789. The van der Waals surface area contributed by atoms with Gasteiger partial charge in [0.05, 0.1) is 0 Å². The topological polar surface area (TPSA) is 41.8 Å². The highest BCUT2D eigenvalue weighted by molar-refractivity contribution is 5.85. The summed E-state index contributed by atoms with van der Waals surface area (Å²) in [6.45, 7) is 4.26. The maximum Gasteiger partial charge on any atom is 0.0486 e. The molecule has 0 saturated carbocycles. The van der Waals surface area contributed by atoms with Gasteiger partial charge < -0.3 is 10.7 Å². The first kappa shape index (κ1) is 10.2. The molecule has 0 amide bonds. The second-order valence-electron chi connectivity index (χ2n) is 4.18. The van der Waals surface area contributed by atoms with E-state index in [2.05, 4.69) is 43.2 Å². The minimum atomic E-state index is 0.268. The molecule has 0 spiro atoms. The van der Waals surface area contributed by atoms with Crippen molar-refractivity contribution in [3.05, 3.63) is 35.5 Å². The summed E-state index contributed by atoms with van der Waals surface area (Å²) in [5.41, 5.74) is 9.86. The number of rotatable bonds is 3. The minimum absolute atomic E-state index is 0.268. The number of aromatic nitrogens is 1. The number of nitrogens with one attached hydrogen (secondary N) is 1. The summed E-state index contributed by atoms with van der Waals surface area (Å²) in [7, 11) is 0. The van der Waals surface area contributed by atoms with Gasteiger partial charge in [0.25, 0.3) is 0 Å². The summed E-state index contributed by atoms with van der Waals surface area (Å²) >= 11 is 0. The number of benzene rings is 1. The van der Waals surface area contributed by atoms with Gasteiger partial charge in [0.2, 0.25) is 0 Å². The highest BCUT2D eigenvalue weighted by Crippen LogP contribution is 2.22. The van der Waals surface area contributed by atoms with E-state index in [1.807, 2.05) is 0 Å². The monoisotopic (exact) mass is 202 g/mol. The molecule has 0 unspecified atom stereocenters. The summed E-state index contributed by atoms with van der Waals surface area (Å²) < 4.78 is 0. The van der Waals surface area contributed by atoms with Gasteiger partial charge in [-0.15, -0.1) is 0 Å². The number of nitrogens with two attached hydrogens (primary N) is 1. The fourth-order valence-electron chi connectivity index (χ4n) is 1.96. The minimum Gasteiger partial charge on any atom is -0.361 e. The van der Waals surface area contributed by atoms with Crippen LogP contribution in [0.5, 0.6) is 0 Å². The number of hydrogen-bond donors (Lipinski definition) is 2. The van der Waals surface area contributed by atoms with Gasteiger partial charge in [0.1, 0.15) is 0 Å². The molecule has 0 radical (unpaired) electrons. The van der Waals surface area contributed by atoms with Crippen molar-refractivity contribution in [2.75, 3.05) is 0 Å². The Kier molecular flexibility index (Phi) is 2.78. The molecule has 1 aromatic heterocycles. The zero-order valence-electron chi connectivity index (χ0n) is 9.38. The fourth-order valence-corrected chi connectivity index (χ4v) is 1.96. The van der Waals surface area contributed by atoms with E-state index in [9.17, 15) is 0 Å². The Balaban J connectivity index is 2.41. The van der Waals surface area contributed by atoms with Crippen LogP contribution in [-0.4, -0.2) is 11.0 Å². The number of aryl methyl sites for hydroxylation is 1. The molecule has 3 N–H and O–H groups in total. The summed E-state index contributed by atoms with van der Waals surface area (Å²) in [6.07, 6.45) is 4.08. The van der Waals surface area contributed by atoms with E-state index in [1.54, 1.807) is 0 Å². The molecule has 1 atom stereocenters. The first-order valence-electron chi connectivity index (χ1n) is 5.53. The average Bonchev–Trinajstić information content (AvgIpc) is 2.63. The molecule has 1 aromatic carbocycles. The van der Waals surface area contributed by atoms with E-state index >= 15 is 0 Å². The Hall–Kier alpha value is -1.28. The van der Waals surface area contributed by atoms with Gasteiger partial charge in [-0.2, -0.15) is 0 Å². The van der Waals surface area contributed by atoms with Crippen LogP contribution >= 0.6 is 0 Å². The van der Waals surface area contributed by atoms with Crippen molar-refractivity contribution in [1.82, 2.24) is 4.98 Å². The SMILES string of the molecule is CC[C@@H](N)Cc1c[nH]c2c(C)cccc12. The van der Waals surface area contributed by atoms with Crippen LogP contribution in [0.1, 0.15) is 24.5 Å². The third-order valence-corrected chi connectivity index (χ3v) is 3.02. The standard InChI is InChI=1S/C13H18N2/c1-3-11(14)7-10-8-15-13-9(2)5-4-6-12(10)13/h4-6,8,11,15H,3,7,14H2,1-2H3/t11-/m1/s1. The Morgan fingerprint density at radius 1 is 1.40 bits per heavy atom. The van der Waals surface area contributed by atoms with Gasteiger partial charge in [-0.1, -0.05) is 25.1 Å². The van der Waals surface area contributed by atoms with Crippen LogP contribution in [-0.2, 0) is 6.42 Å². The summed E-state index contributed by atoms with van der Waals surface area (Å²) in [4.78, 5) is 3.33. The van der Waals surface area contributed by atoms with E-state index in [0.29, 0.717) is 0 Å². The highest BCUT2D eigenvalue weighted by Gasteiger charge is 2.07. The zero-order chi connectivity index (χ0) is 10.8. The van der Waals surface area contributed by atoms with Crippen LogP contribution in [0.25, 0.3) is 10.9 Å². The Bertz CT molecular complexity index is 457. The van der Waals surface area contributed by atoms with Crippen molar-refractivity contribution < 1.29 is 0 Å². The second kappa shape index (κ2) is 4.07. The molecule has 2 aromatic rings. The second-order valence-corrected chi connectivity index (χ2v) is 4.18. The molecular formula is C13H18N2. The molecule has 2 rings (SSSR count). The molecular weight excluding hydrogens is 184 g/mol. The molecule has 0 bridgehead atoms. The highest BCUT2D eigenvalue weighted by atomic mass is 14.7. The van der Waals surface area contributed by atoms with Crippen molar-refractivity contribution in [3.63, 3.8) is 0 Å². The van der Waals surface area contributed by atoms with Gasteiger partial charge in [0.15, 0.2) is 0 Å². The van der Waals surface area contributed by atoms with E-state index in [1.165, 1.54) is 22.0 Å². The number of fused-ring (bicyclic) bond motifs is 1. The summed E-state index contributed by atoms with van der Waals surface area (Å²) in [5, 5.41) is 1.32. The van der Waals surface area contributed by atoms with Crippen LogP contribution in [0.2, 0.25) is 0 Å². The maximum absolute atomic E-state index is 5.98. The van der Waals surface area contributed by atoms with Crippen molar-refractivity contribution in [3.8, 4) is 0 Å². The van der Waals surface area contributed by atoms with Gasteiger partial charge >= 0.3 is 0 Å². The first-order valence-corrected chi connectivity index (χ1v) is 5.53. The van der Waals surface area contributed by atoms with Crippen LogP contribution < -0.4 is 5.73 Å². The molecule has 2 nitrogen and oxygen atoms in total. The largest absolute Gasteiger partial charge is 0.361 e. The van der Waals surface area contributed by atoms with E-state index in [-0.39, 0.29) is 6.04 Å². The lowest BCUT2D eigenvalue weighted by atomic mass is 10.0. The molecule has 1 heterocycles. The fraction of sp³-hybridized carbons (Fsp3) is 0.385. The maximum atomic E-state index is 5.98. The molecule has 15 heavy (non-hydrogen) atoms. The van der Waals surface area contributed by atoms with Crippen molar-refractivity contribution in [1.29, 1.82) is 0 Å². The van der Waals surface area contributed by atoms with Crippen molar-refractivity contribution >= 4 is 10.9 Å². The van der Waals surface area contributed by atoms with Gasteiger partial charge in [-0.3, -0.25) is 0 Å². The van der Waals surface area contributed by atoms with E-state index < -0.39 is 0 Å². The summed E-state index contributed by atoms with van der Waals surface area (Å²) in [6, 6.07) is 6.66. The molecule has 2 heteroatoms. The zero-order valence-corrected chi connectivity index (χ0v) is 9.38. The van der Waals surface area contributed by atoms with Crippen LogP contribution in [0.15, 0.2) is 24.4 Å². The third-order valence-electron chi connectivity index (χ3n) is 3.02. The van der Waals surface area contributed by atoms with Gasteiger partial charge in [-0.05, 0) is 30.9 Å². The molecule has 0 aliphatic rings. The summed E-state index contributed by atoms with van der Waals surface area (Å²) in [5.74, 6) is 0.